The van der Waals surface area contributed by atoms with Gasteiger partial charge in [-0.15, -0.1) is 0 Å². The van der Waals surface area contributed by atoms with E-state index in [0.717, 1.165) is 18.5 Å². The summed E-state index contributed by atoms with van der Waals surface area (Å²) in [5.74, 6) is 1.21. The molecular formula is C15H21N3. The zero-order valence-corrected chi connectivity index (χ0v) is 11.4. The van der Waals surface area contributed by atoms with Crippen molar-refractivity contribution in [2.45, 2.75) is 26.7 Å². The lowest BCUT2D eigenvalue weighted by Gasteiger charge is -2.09. The van der Waals surface area contributed by atoms with E-state index in [2.05, 4.69) is 43.1 Å². The number of nitrogens with two attached hydrogens (primary N) is 1. The average Bonchev–Trinajstić information content (AvgIpc) is 2.58. The summed E-state index contributed by atoms with van der Waals surface area (Å²) in [7, 11) is 1.99. The minimum Gasteiger partial charge on any atom is -0.369 e. The SMILES string of the molecule is CC(C)Cc1c(Cc2ccccc2)nc(N)n1C. The van der Waals surface area contributed by atoms with Crippen LogP contribution in [0.15, 0.2) is 30.3 Å². The zero-order valence-electron chi connectivity index (χ0n) is 11.4. The summed E-state index contributed by atoms with van der Waals surface area (Å²) in [4.78, 5) is 4.50. The quantitative estimate of drug-likeness (QED) is 0.897. The molecule has 0 unspecified atom stereocenters. The fourth-order valence-electron chi connectivity index (χ4n) is 2.18. The fraction of sp³-hybridized carbons (Fsp3) is 0.400. The lowest BCUT2D eigenvalue weighted by atomic mass is 10.0. The van der Waals surface area contributed by atoms with Gasteiger partial charge in [0.05, 0.1) is 5.69 Å². The lowest BCUT2D eigenvalue weighted by molar-refractivity contribution is 0.613. The molecule has 96 valence electrons. The first kappa shape index (κ1) is 12.7. The molecule has 0 spiro atoms. The Morgan fingerprint density at radius 3 is 2.50 bits per heavy atom. The molecule has 0 fully saturated rings. The fourth-order valence-corrected chi connectivity index (χ4v) is 2.18. The van der Waals surface area contributed by atoms with Crippen LogP contribution in [0.1, 0.15) is 30.8 Å². The molecule has 1 aromatic carbocycles. The Balaban J connectivity index is 2.30. The number of imidazole rings is 1. The van der Waals surface area contributed by atoms with E-state index >= 15 is 0 Å². The van der Waals surface area contributed by atoms with Crippen LogP contribution in [-0.2, 0) is 19.9 Å². The molecule has 0 amide bonds. The van der Waals surface area contributed by atoms with Crippen molar-refractivity contribution in [2.24, 2.45) is 13.0 Å². The summed E-state index contributed by atoms with van der Waals surface area (Å²) in [6.07, 6.45) is 1.87. The van der Waals surface area contributed by atoms with Crippen LogP contribution in [0, 0.1) is 5.92 Å². The predicted octanol–water partition coefficient (Wildman–Crippen LogP) is 2.79. The summed E-state index contributed by atoms with van der Waals surface area (Å²) in [5.41, 5.74) is 9.56. The summed E-state index contributed by atoms with van der Waals surface area (Å²) >= 11 is 0. The Bertz CT molecular complexity index is 512. The maximum atomic E-state index is 5.92. The van der Waals surface area contributed by atoms with E-state index < -0.39 is 0 Å². The van der Waals surface area contributed by atoms with Gasteiger partial charge in [-0.1, -0.05) is 44.2 Å². The van der Waals surface area contributed by atoms with Crippen LogP contribution in [-0.4, -0.2) is 9.55 Å². The molecule has 0 saturated carbocycles. The number of benzene rings is 1. The van der Waals surface area contributed by atoms with Gasteiger partial charge in [0.25, 0.3) is 0 Å². The highest BCUT2D eigenvalue weighted by molar-refractivity contribution is 5.33. The summed E-state index contributed by atoms with van der Waals surface area (Å²) < 4.78 is 2.01. The normalized spacial score (nSPS) is 11.1. The molecule has 0 radical (unpaired) electrons. The largest absolute Gasteiger partial charge is 0.369 e. The van der Waals surface area contributed by atoms with Crippen molar-refractivity contribution in [1.82, 2.24) is 9.55 Å². The van der Waals surface area contributed by atoms with Crippen LogP contribution < -0.4 is 5.73 Å². The second-order valence-electron chi connectivity index (χ2n) is 5.18. The Hall–Kier alpha value is -1.77. The van der Waals surface area contributed by atoms with Crippen molar-refractivity contribution < 1.29 is 0 Å². The smallest absolute Gasteiger partial charge is 0.200 e. The lowest BCUT2D eigenvalue weighted by Crippen LogP contribution is -2.06. The second kappa shape index (κ2) is 5.25. The maximum absolute atomic E-state index is 5.92. The third-order valence-corrected chi connectivity index (χ3v) is 3.15. The van der Waals surface area contributed by atoms with Crippen LogP contribution in [0.3, 0.4) is 0 Å². The van der Waals surface area contributed by atoms with Crippen molar-refractivity contribution in [3.8, 4) is 0 Å². The van der Waals surface area contributed by atoms with Crippen LogP contribution in [0.2, 0.25) is 0 Å². The van der Waals surface area contributed by atoms with Gasteiger partial charge in [-0.3, -0.25) is 0 Å². The Morgan fingerprint density at radius 2 is 1.89 bits per heavy atom. The van der Waals surface area contributed by atoms with E-state index in [1.807, 2.05) is 17.7 Å². The molecule has 0 atom stereocenters. The van der Waals surface area contributed by atoms with Gasteiger partial charge >= 0.3 is 0 Å². The Morgan fingerprint density at radius 1 is 1.22 bits per heavy atom. The summed E-state index contributed by atoms with van der Waals surface area (Å²) in [6.45, 7) is 4.44. The number of aromatic nitrogens is 2. The van der Waals surface area contributed by atoms with E-state index in [9.17, 15) is 0 Å². The Labute approximate surface area is 109 Å². The summed E-state index contributed by atoms with van der Waals surface area (Å²) in [6, 6.07) is 10.4. The van der Waals surface area contributed by atoms with Crippen LogP contribution in [0.4, 0.5) is 5.95 Å². The van der Waals surface area contributed by atoms with Gasteiger partial charge in [-0.05, 0) is 17.9 Å². The first-order valence-corrected chi connectivity index (χ1v) is 6.41. The van der Waals surface area contributed by atoms with Gasteiger partial charge in [-0.2, -0.15) is 0 Å². The first-order chi connectivity index (χ1) is 8.58. The van der Waals surface area contributed by atoms with Crippen molar-refractivity contribution in [3.05, 3.63) is 47.3 Å². The Kier molecular flexibility index (Phi) is 3.70. The third kappa shape index (κ3) is 2.73. The number of rotatable bonds is 4. The minimum absolute atomic E-state index is 0.606. The van der Waals surface area contributed by atoms with E-state index in [1.54, 1.807) is 0 Å². The van der Waals surface area contributed by atoms with Crippen molar-refractivity contribution in [2.75, 3.05) is 5.73 Å². The molecule has 3 nitrogen and oxygen atoms in total. The summed E-state index contributed by atoms with van der Waals surface area (Å²) in [5, 5.41) is 0. The average molecular weight is 243 g/mol. The van der Waals surface area contributed by atoms with Gasteiger partial charge < -0.3 is 10.3 Å². The zero-order chi connectivity index (χ0) is 13.1. The standard InChI is InChI=1S/C15H21N3/c1-11(2)9-14-13(17-15(16)18(14)3)10-12-7-5-4-6-8-12/h4-8,11H,9-10H2,1-3H3,(H2,16,17). The molecule has 2 N–H and O–H groups in total. The van der Waals surface area contributed by atoms with Crippen molar-refractivity contribution >= 4 is 5.95 Å². The molecule has 18 heavy (non-hydrogen) atoms. The molecule has 2 aromatic rings. The van der Waals surface area contributed by atoms with Crippen molar-refractivity contribution in [3.63, 3.8) is 0 Å². The molecular weight excluding hydrogens is 222 g/mol. The molecule has 0 saturated heterocycles. The number of nitrogen functional groups attached to an aromatic ring is 1. The molecule has 0 bridgehead atoms. The third-order valence-electron chi connectivity index (χ3n) is 3.15. The number of hydrogen-bond donors (Lipinski definition) is 1. The molecule has 2 rings (SSSR count). The van der Waals surface area contributed by atoms with E-state index in [0.29, 0.717) is 11.9 Å². The number of anilines is 1. The van der Waals surface area contributed by atoms with E-state index in [4.69, 9.17) is 5.73 Å². The van der Waals surface area contributed by atoms with E-state index in [-0.39, 0.29) is 0 Å². The topological polar surface area (TPSA) is 43.8 Å². The van der Waals surface area contributed by atoms with E-state index in [1.165, 1.54) is 11.3 Å². The van der Waals surface area contributed by atoms with Crippen LogP contribution in [0.25, 0.3) is 0 Å². The predicted molar refractivity (Wildman–Crippen MR) is 75.4 cm³/mol. The molecule has 1 aromatic heterocycles. The molecule has 1 heterocycles. The number of hydrogen-bond acceptors (Lipinski definition) is 2. The van der Waals surface area contributed by atoms with Gasteiger partial charge in [0.2, 0.25) is 0 Å². The highest BCUT2D eigenvalue weighted by Gasteiger charge is 2.14. The van der Waals surface area contributed by atoms with Gasteiger partial charge in [-0.25, -0.2) is 4.98 Å². The maximum Gasteiger partial charge on any atom is 0.200 e. The molecule has 0 aliphatic carbocycles. The second-order valence-corrected chi connectivity index (χ2v) is 5.18. The van der Waals surface area contributed by atoms with Crippen molar-refractivity contribution in [1.29, 1.82) is 0 Å². The monoisotopic (exact) mass is 243 g/mol. The van der Waals surface area contributed by atoms with Gasteiger partial charge in [0.1, 0.15) is 0 Å². The minimum atomic E-state index is 0.606. The highest BCUT2D eigenvalue weighted by Crippen LogP contribution is 2.19. The highest BCUT2D eigenvalue weighted by atomic mass is 15.1. The van der Waals surface area contributed by atoms with Crippen LogP contribution >= 0.6 is 0 Å². The number of nitrogens with zero attached hydrogens (tertiary/aromatic N) is 2. The molecule has 0 aliphatic heterocycles. The van der Waals surface area contributed by atoms with Gasteiger partial charge in [0.15, 0.2) is 5.95 Å². The molecule has 3 heteroatoms. The van der Waals surface area contributed by atoms with Crippen LogP contribution in [0.5, 0.6) is 0 Å². The first-order valence-electron chi connectivity index (χ1n) is 6.41. The van der Waals surface area contributed by atoms with Gasteiger partial charge in [0, 0.05) is 19.2 Å². The molecule has 0 aliphatic rings.